The summed E-state index contributed by atoms with van der Waals surface area (Å²) in [7, 11) is 3.99. The van der Waals surface area contributed by atoms with Crippen molar-refractivity contribution in [1.29, 1.82) is 0 Å². The summed E-state index contributed by atoms with van der Waals surface area (Å²) in [6, 6.07) is 15.7. The number of carbonyl (C=O) groups is 2. The topological polar surface area (TPSA) is 49.9 Å². The number of amides is 2. The van der Waals surface area contributed by atoms with E-state index in [0.717, 1.165) is 34.3 Å². The van der Waals surface area contributed by atoms with E-state index in [1.54, 1.807) is 12.2 Å². The van der Waals surface area contributed by atoms with Crippen molar-refractivity contribution in [2.45, 2.75) is 6.92 Å². The lowest BCUT2D eigenvalue weighted by molar-refractivity contribution is -0.123. The Kier molecular flexibility index (Phi) is 6.77. The summed E-state index contributed by atoms with van der Waals surface area (Å²) in [6.07, 6.45) is 5.39. The van der Waals surface area contributed by atoms with Crippen molar-refractivity contribution in [3.63, 3.8) is 0 Å². The van der Waals surface area contributed by atoms with E-state index in [4.69, 9.17) is 4.74 Å². The van der Waals surface area contributed by atoms with Crippen molar-refractivity contribution in [2.75, 3.05) is 32.1 Å². The number of hydrogen-bond acceptors (Lipinski definition) is 5. The molecular formula is C23H24N2O3S. The Morgan fingerprint density at radius 3 is 2.55 bits per heavy atom. The zero-order chi connectivity index (χ0) is 20.8. The van der Waals surface area contributed by atoms with Crippen LogP contribution in [0, 0.1) is 6.92 Å². The fourth-order valence-corrected chi connectivity index (χ4v) is 3.61. The first-order valence-electron chi connectivity index (χ1n) is 9.33. The van der Waals surface area contributed by atoms with E-state index < -0.39 is 0 Å². The van der Waals surface area contributed by atoms with E-state index in [-0.39, 0.29) is 24.3 Å². The van der Waals surface area contributed by atoms with Gasteiger partial charge in [-0.25, -0.2) is 0 Å². The van der Waals surface area contributed by atoms with E-state index in [1.807, 2.05) is 80.5 Å². The summed E-state index contributed by atoms with van der Waals surface area (Å²) in [5.74, 6) is 0.455. The van der Waals surface area contributed by atoms with Crippen LogP contribution in [-0.4, -0.2) is 43.3 Å². The highest BCUT2D eigenvalue weighted by Gasteiger charge is 2.34. The van der Waals surface area contributed by atoms with Gasteiger partial charge in [-0.15, -0.1) is 0 Å². The summed E-state index contributed by atoms with van der Waals surface area (Å²) >= 11 is 0.957. The minimum absolute atomic E-state index is 0.228. The van der Waals surface area contributed by atoms with Crippen LogP contribution in [0.25, 0.3) is 6.08 Å². The van der Waals surface area contributed by atoms with Crippen molar-refractivity contribution in [3.05, 3.63) is 76.7 Å². The number of rotatable bonds is 7. The van der Waals surface area contributed by atoms with Gasteiger partial charge in [-0.2, -0.15) is 0 Å². The number of ether oxygens (including phenoxy) is 1. The Hall–Kier alpha value is -2.99. The molecule has 0 saturated carbocycles. The molecule has 0 spiro atoms. The maximum atomic E-state index is 12.5. The molecule has 1 saturated heterocycles. The molecule has 6 heteroatoms. The number of hydrogen-bond donors (Lipinski definition) is 0. The quantitative estimate of drug-likeness (QED) is 0.620. The van der Waals surface area contributed by atoms with Crippen LogP contribution >= 0.6 is 11.8 Å². The van der Waals surface area contributed by atoms with Gasteiger partial charge in [-0.3, -0.25) is 14.5 Å². The monoisotopic (exact) mass is 408 g/mol. The van der Waals surface area contributed by atoms with Gasteiger partial charge in [0.05, 0.1) is 11.4 Å². The highest BCUT2D eigenvalue weighted by molar-refractivity contribution is 8.18. The maximum Gasteiger partial charge on any atom is 0.293 e. The van der Waals surface area contributed by atoms with Crippen LogP contribution in [0.15, 0.2) is 65.6 Å². The van der Waals surface area contributed by atoms with E-state index in [0.29, 0.717) is 4.91 Å². The molecule has 0 unspecified atom stereocenters. The second-order valence-corrected chi connectivity index (χ2v) is 7.86. The number of thioether (sulfide) groups is 1. The molecule has 1 fully saturated rings. The van der Waals surface area contributed by atoms with Crippen LogP contribution < -0.4 is 9.64 Å². The third kappa shape index (κ3) is 5.51. The van der Waals surface area contributed by atoms with E-state index in [1.165, 1.54) is 4.90 Å². The summed E-state index contributed by atoms with van der Waals surface area (Å²) in [5.41, 5.74) is 3.24. The minimum atomic E-state index is -0.277. The summed E-state index contributed by atoms with van der Waals surface area (Å²) in [4.78, 5) is 28.3. The largest absolute Gasteiger partial charge is 0.492 e. The maximum absolute atomic E-state index is 12.5. The third-order valence-corrected chi connectivity index (χ3v) is 5.32. The van der Waals surface area contributed by atoms with Crippen LogP contribution in [0.5, 0.6) is 5.75 Å². The SMILES string of the molecule is Cc1cccc(OCCN2C(=O)S/C(=C\C=C\c3ccc(N(C)C)cc3)C2=O)c1. The molecule has 0 atom stereocenters. The average molecular weight is 409 g/mol. The molecule has 1 aliphatic rings. The molecule has 1 aliphatic heterocycles. The van der Waals surface area contributed by atoms with Gasteiger partial charge < -0.3 is 9.64 Å². The van der Waals surface area contributed by atoms with Crippen LogP contribution in [0.1, 0.15) is 11.1 Å². The predicted molar refractivity (Wildman–Crippen MR) is 119 cm³/mol. The third-order valence-electron chi connectivity index (χ3n) is 4.39. The van der Waals surface area contributed by atoms with Crippen molar-refractivity contribution < 1.29 is 14.3 Å². The Morgan fingerprint density at radius 2 is 1.86 bits per heavy atom. The lowest BCUT2D eigenvalue weighted by Crippen LogP contribution is -2.32. The fourth-order valence-electron chi connectivity index (χ4n) is 2.80. The van der Waals surface area contributed by atoms with Crippen LogP contribution in [-0.2, 0) is 4.79 Å². The molecular weight excluding hydrogens is 384 g/mol. The number of nitrogens with zero attached hydrogens (tertiary/aromatic N) is 2. The van der Waals surface area contributed by atoms with Crippen molar-refractivity contribution in [3.8, 4) is 5.75 Å². The number of carbonyl (C=O) groups excluding carboxylic acids is 2. The first-order chi connectivity index (χ1) is 13.9. The summed E-state index contributed by atoms with van der Waals surface area (Å²) in [5, 5.41) is -0.266. The Labute approximate surface area is 175 Å². The number of imide groups is 1. The lowest BCUT2D eigenvalue weighted by atomic mass is 10.2. The molecule has 150 valence electrons. The molecule has 0 aliphatic carbocycles. The molecule has 29 heavy (non-hydrogen) atoms. The average Bonchev–Trinajstić information content (AvgIpc) is 2.96. The Bertz CT molecular complexity index is 949. The molecule has 0 bridgehead atoms. The second kappa shape index (κ2) is 9.47. The zero-order valence-corrected chi connectivity index (χ0v) is 17.6. The molecule has 2 aromatic rings. The molecule has 2 aromatic carbocycles. The second-order valence-electron chi connectivity index (χ2n) is 6.87. The molecule has 0 radical (unpaired) electrons. The lowest BCUT2D eigenvalue weighted by Gasteiger charge is -2.13. The van der Waals surface area contributed by atoms with Gasteiger partial charge in [0, 0.05) is 19.8 Å². The van der Waals surface area contributed by atoms with Crippen molar-refractivity contribution in [2.24, 2.45) is 0 Å². The van der Waals surface area contributed by atoms with Gasteiger partial charge in [0.2, 0.25) is 0 Å². The number of allylic oxidation sites excluding steroid dienone is 2. The van der Waals surface area contributed by atoms with Gasteiger partial charge in [-0.1, -0.05) is 36.4 Å². The Morgan fingerprint density at radius 1 is 1.10 bits per heavy atom. The zero-order valence-electron chi connectivity index (χ0n) is 16.8. The fraction of sp³-hybridized carbons (Fsp3) is 0.217. The van der Waals surface area contributed by atoms with Gasteiger partial charge in [0.1, 0.15) is 12.4 Å². The van der Waals surface area contributed by atoms with Gasteiger partial charge in [-0.05, 0) is 60.2 Å². The molecule has 3 rings (SSSR count). The van der Waals surface area contributed by atoms with Crippen LogP contribution in [0.3, 0.4) is 0 Å². The first kappa shape index (κ1) is 20.7. The number of benzene rings is 2. The summed E-state index contributed by atoms with van der Waals surface area (Å²) < 4.78 is 5.65. The smallest absolute Gasteiger partial charge is 0.293 e. The molecule has 1 heterocycles. The highest BCUT2D eigenvalue weighted by atomic mass is 32.2. The van der Waals surface area contributed by atoms with Crippen LogP contribution in [0.2, 0.25) is 0 Å². The molecule has 0 aromatic heterocycles. The molecule has 0 N–H and O–H groups in total. The van der Waals surface area contributed by atoms with Crippen molar-refractivity contribution in [1.82, 2.24) is 4.90 Å². The molecule has 5 nitrogen and oxygen atoms in total. The predicted octanol–water partition coefficient (Wildman–Crippen LogP) is 4.73. The minimum Gasteiger partial charge on any atom is -0.492 e. The van der Waals surface area contributed by atoms with Gasteiger partial charge in [0.25, 0.3) is 11.1 Å². The summed E-state index contributed by atoms with van der Waals surface area (Å²) in [6.45, 7) is 2.48. The first-order valence-corrected chi connectivity index (χ1v) is 10.1. The van der Waals surface area contributed by atoms with E-state index in [2.05, 4.69) is 0 Å². The van der Waals surface area contributed by atoms with Crippen molar-refractivity contribution >= 4 is 34.7 Å². The van der Waals surface area contributed by atoms with Gasteiger partial charge in [0.15, 0.2) is 0 Å². The number of anilines is 1. The van der Waals surface area contributed by atoms with Gasteiger partial charge >= 0.3 is 0 Å². The molecule has 2 amide bonds. The normalized spacial score (nSPS) is 15.6. The van der Waals surface area contributed by atoms with Crippen LogP contribution in [0.4, 0.5) is 10.5 Å². The van der Waals surface area contributed by atoms with E-state index in [9.17, 15) is 9.59 Å². The highest BCUT2D eigenvalue weighted by Crippen LogP contribution is 2.30. The standard InChI is InChI=1S/C23H24N2O3S/c1-17-6-4-8-20(16-17)28-15-14-25-22(26)21(29-23(25)27)9-5-7-18-10-12-19(13-11-18)24(2)3/h4-13,16H,14-15H2,1-3H3/b7-5+,21-9-. The number of aryl methyl sites for hydroxylation is 1. The van der Waals surface area contributed by atoms with E-state index >= 15 is 0 Å². The Balaban J connectivity index is 1.56.